The van der Waals surface area contributed by atoms with Gasteiger partial charge in [0.2, 0.25) is 0 Å². The summed E-state index contributed by atoms with van der Waals surface area (Å²) in [6, 6.07) is 19.5. The fourth-order valence-corrected chi connectivity index (χ4v) is 3.92. The van der Waals surface area contributed by atoms with Gasteiger partial charge >= 0.3 is 5.97 Å². The molecule has 0 saturated heterocycles. The Balaban J connectivity index is 1.88. The first kappa shape index (κ1) is 20.7. The van der Waals surface area contributed by atoms with Crippen LogP contribution in [0.15, 0.2) is 66.0 Å². The molecule has 0 aliphatic rings. The van der Waals surface area contributed by atoms with E-state index < -0.39 is 5.97 Å². The molecule has 0 bridgehead atoms. The molecule has 0 fully saturated rings. The fraction of sp³-hybridized carbons (Fsp3) is 0.167. The van der Waals surface area contributed by atoms with Gasteiger partial charge in [-0.05, 0) is 19.4 Å². The maximum Gasteiger partial charge on any atom is 0.342 e. The van der Waals surface area contributed by atoms with Crippen LogP contribution in [0.4, 0.5) is 5.82 Å². The van der Waals surface area contributed by atoms with Crippen LogP contribution in [0.2, 0.25) is 0 Å². The van der Waals surface area contributed by atoms with Crippen molar-refractivity contribution in [1.29, 1.82) is 0 Å². The minimum atomic E-state index is -0.439. The maximum atomic E-state index is 13.1. The normalized spacial score (nSPS) is 10.6. The Morgan fingerprint density at radius 3 is 2.29 bits per heavy atom. The van der Waals surface area contributed by atoms with Crippen LogP contribution in [0.3, 0.4) is 0 Å². The van der Waals surface area contributed by atoms with E-state index in [4.69, 9.17) is 4.74 Å². The molecule has 0 amide bonds. The van der Waals surface area contributed by atoms with Crippen molar-refractivity contribution in [2.45, 2.75) is 20.4 Å². The Kier molecular flexibility index (Phi) is 6.33. The Morgan fingerprint density at radius 2 is 1.68 bits per heavy atom. The van der Waals surface area contributed by atoms with Crippen molar-refractivity contribution < 1.29 is 9.53 Å². The highest BCUT2D eigenvalue weighted by Crippen LogP contribution is 2.36. The number of esters is 1. The molecule has 156 valence electrons. The number of aromatic nitrogens is 3. The summed E-state index contributed by atoms with van der Waals surface area (Å²) in [6.45, 7) is 4.45. The number of benzene rings is 2. The number of nitrogens with one attached hydrogen (secondary N) is 1. The summed E-state index contributed by atoms with van der Waals surface area (Å²) in [7, 11) is 0. The number of nitrogens with zero attached hydrogens (tertiary/aromatic N) is 3. The van der Waals surface area contributed by atoms with E-state index in [9.17, 15) is 4.79 Å². The van der Waals surface area contributed by atoms with E-state index in [0.29, 0.717) is 29.2 Å². The summed E-state index contributed by atoms with van der Waals surface area (Å²) in [5.74, 6) is -0.0620. The van der Waals surface area contributed by atoms with Gasteiger partial charge in [-0.3, -0.25) is 0 Å². The van der Waals surface area contributed by atoms with Gasteiger partial charge in [0.05, 0.1) is 23.9 Å². The van der Waals surface area contributed by atoms with E-state index >= 15 is 0 Å². The molecule has 0 spiro atoms. The Bertz CT molecular complexity index is 1180. The zero-order valence-corrected chi connectivity index (χ0v) is 18.1. The monoisotopic (exact) mass is 430 g/mol. The first-order valence-corrected chi connectivity index (χ1v) is 10.9. The van der Waals surface area contributed by atoms with Crippen molar-refractivity contribution >= 4 is 23.1 Å². The molecule has 0 aliphatic carbocycles. The summed E-state index contributed by atoms with van der Waals surface area (Å²) in [4.78, 5) is 17.6. The van der Waals surface area contributed by atoms with Crippen LogP contribution in [-0.4, -0.2) is 27.8 Å². The molecule has 31 heavy (non-hydrogen) atoms. The van der Waals surface area contributed by atoms with Crippen molar-refractivity contribution in [1.82, 2.24) is 15.2 Å². The van der Waals surface area contributed by atoms with Gasteiger partial charge in [-0.2, -0.15) is 0 Å². The highest BCUT2D eigenvalue weighted by atomic mass is 32.1. The third-order valence-corrected chi connectivity index (χ3v) is 5.49. The number of hydrogen-bond donors (Lipinski definition) is 1. The van der Waals surface area contributed by atoms with E-state index in [-0.39, 0.29) is 6.61 Å². The number of anilines is 1. The SMILES string of the molecule is CCOC(=O)c1c(NCc2csc(C)n2)nnc(-c2ccccc2)c1-c1ccccc1. The fourth-order valence-electron chi connectivity index (χ4n) is 3.31. The molecule has 6 nitrogen and oxygen atoms in total. The maximum absolute atomic E-state index is 13.1. The first-order chi connectivity index (χ1) is 15.2. The second-order valence-corrected chi connectivity index (χ2v) is 7.87. The predicted molar refractivity (Wildman–Crippen MR) is 123 cm³/mol. The van der Waals surface area contributed by atoms with E-state index in [0.717, 1.165) is 21.8 Å². The van der Waals surface area contributed by atoms with E-state index in [1.807, 2.05) is 73.0 Å². The highest BCUT2D eigenvalue weighted by molar-refractivity contribution is 7.09. The summed E-state index contributed by atoms with van der Waals surface area (Å²) >= 11 is 1.58. The quantitative estimate of drug-likeness (QED) is 0.398. The van der Waals surface area contributed by atoms with Crippen LogP contribution < -0.4 is 5.32 Å². The predicted octanol–water partition coefficient (Wildman–Crippen LogP) is 5.36. The van der Waals surface area contributed by atoms with Gasteiger partial charge in [-0.25, -0.2) is 9.78 Å². The van der Waals surface area contributed by atoms with Gasteiger partial charge in [0, 0.05) is 16.5 Å². The number of ether oxygens (including phenoxy) is 1. The molecule has 0 saturated carbocycles. The van der Waals surface area contributed by atoms with Gasteiger partial charge in [0.25, 0.3) is 0 Å². The smallest absolute Gasteiger partial charge is 0.342 e. The topological polar surface area (TPSA) is 77.0 Å². The zero-order valence-electron chi connectivity index (χ0n) is 17.3. The van der Waals surface area contributed by atoms with Crippen LogP contribution in [-0.2, 0) is 11.3 Å². The second kappa shape index (κ2) is 9.49. The number of carbonyl (C=O) groups is 1. The lowest BCUT2D eigenvalue weighted by Gasteiger charge is -2.17. The van der Waals surface area contributed by atoms with Gasteiger partial charge in [-0.15, -0.1) is 21.5 Å². The Hall–Kier alpha value is -3.58. The summed E-state index contributed by atoms with van der Waals surface area (Å²) in [5.41, 5.74) is 4.32. The van der Waals surface area contributed by atoms with Gasteiger partial charge in [0.1, 0.15) is 11.3 Å². The molecule has 2 aromatic heterocycles. The molecule has 0 unspecified atom stereocenters. The lowest BCUT2D eigenvalue weighted by molar-refractivity contribution is 0.0528. The van der Waals surface area contributed by atoms with Crippen molar-refractivity contribution in [2.75, 3.05) is 11.9 Å². The zero-order chi connectivity index (χ0) is 21.6. The lowest BCUT2D eigenvalue weighted by atomic mass is 9.95. The molecule has 4 aromatic rings. The molecule has 2 heterocycles. The number of thiazole rings is 1. The molecular weight excluding hydrogens is 408 g/mol. The van der Waals surface area contributed by atoms with Gasteiger partial charge in [-0.1, -0.05) is 60.7 Å². The molecule has 0 radical (unpaired) electrons. The van der Waals surface area contributed by atoms with Crippen LogP contribution in [0.1, 0.15) is 28.0 Å². The number of aryl methyl sites for hydroxylation is 1. The lowest BCUT2D eigenvalue weighted by Crippen LogP contribution is -2.15. The molecule has 7 heteroatoms. The van der Waals surface area contributed by atoms with Crippen molar-refractivity contribution in [2.24, 2.45) is 0 Å². The van der Waals surface area contributed by atoms with Crippen LogP contribution in [0, 0.1) is 6.92 Å². The third kappa shape index (κ3) is 4.62. The van der Waals surface area contributed by atoms with Crippen LogP contribution >= 0.6 is 11.3 Å². The average Bonchev–Trinajstić information content (AvgIpc) is 3.23. The summed E-state index contributed by atoms with van der Waals surface area (Å²) < 4.78 is 5.42. The van der Waals surface area contributed by atoms with E-state index in [1.54, 1.807) is 18.3 Å². The molecule has 0 atom stereocenters. The molecule has 2 aromatic carbocycles. The van der Waals surface area contributed by atoms with Gasteiger partial charge in [0.15, 0.2) is 5.82 Å². The summed E-state index contributed by atoms with van der Waals surface area (Å²) in [6.07, 6.45) is 0. The largest absolute Gasteiger partial charge is 0.462 e. The highest BCUT2D eigenvalue weighted by Gasteiger charge is 2.25. The average molecular weight is 431 g/mol. The number of rotatable bonds is 7. The van der Waals surface area contributed by atoms with Crippen molar-refractivity contribution in [3.63, 3.8) is 0 Å². The second-order valence-electron chi connectivity index (χ2n) is 6.81. The number of hydrogen-bond acceptors (Lipinski definition) is 7. The molecule has 0 aliphatic heterocycles. The third-order valence-electron chi connectivity index (χ3n) is 4.67. The standard InChI is InChI=1S/C24H22N4O2S/c1-3-30-24(29)21-20(17-10-6-4-7-11-17)22(18-12-8-5-9-13-18)27-28-23(21)25-14-19-15-31-16(2)26-19/h4-13,15H,3,14H2,1-2H3,(H,25,28). The Labute approximate surface area is 185 Å². The molecule has 4 rings (SSSR count). The minimum absolute atomic E-state index is 0.265. The molecule has 1 N–H and O–H groups in total. The van der Waals surface area contributed by atoms with E-state index in [2.05, 4.69) is 20.5 Å². The van der Waals surface area contributed by atoms with E-state index in [1.165, 1.54) is 0 Å². The summed E-state index contributed by atoms with van der Waals surface area (Å²) in [5, 5.41) is 15.1. The van der Waals surface area contributed by atoms with Gasteiger partial charge < -0.3 is 10.1 Å². The van der Waals surface area contributed by atoms with Crippen LogP contribution in [0.5, 0.6) is 0 Å². The van der Waals surface area contributed by atoms with Crippen molar-refractivity contribution in [3.8, 4) is 22.4 Å². The van der Waals surface area contributed by atoms with Crippen molar-refractivity contribution in [3.05, 3.63) is 82.3 Å². The number of carbonyl (C=O) groups excluding carboxylic acids is 1. The molecular formula is C24H22N4O2S. The minimum Gasteiger partial charge on any atom is -0.462 e. The first-order valence-electron chi connectivity index (χ1n) is 10.0. The Morgan fingerprint density at radius 1 is 1.00 bits per heavy atom. The van der Waals surface area contributed by atoms with Crippen LogP contribution in [0.25, 0.3) is 22.4 Å².